The van der Waals surface area contributed by atoms with Crippen LogP contribution in [0.4, 0.5) is 0 Å². The number of aliphatic hydroxyl groups is 1. The molecule has 0 aliphatic rings. The summed E-state index contributed by atoms with van der Waals surface area (Å²) < 4.78 is 10.2. The van der Waals surface area contributed by atoms with E-state index >= 15 is 0 Å². The molecule has 0 bridgehead atoms. The van der Waals surface area contributed by atoms with Crippen molar-refractivity contribution < 1.29 is 19.7 Å². The van der Waals surface area contributed by atoms with E-state index in [1.807, 2.05) is 12.1 Å². The van der Waals surface area contributed by atoms with Crippen LogP contribution in [-0.2, 0) is 11.3 Å². The lowest BCUT2D eigenvalue weighted by Crippen LogP contribution is -2.17. The molecule has 3 N–H and O–H groups in total. The van der Waals surface area contributed by atoms with Gasteiger partial charge in [0.1, 0.15) is 0 Å². The number of rotatable bonds is 9. The van der Waals surface area contributed by atoms with Gasteiger partial charge in [0.15, 0.2) is 11.5 Å². The number of ether oxygens (including phenoxy) is 2. The van der Waals surface area contributed by atoms with Crippen molar-refractivity contribution in [1.82, 2.24) is 5.32 Å². The van der Waals surface area contributed by atoms with Gasteiger partial charge in [0.2, 0.25) is 0 Å². The number of phenolic OH excluding ortho intramolecular Hbond substituents is 1. The first kappa shape index (κ1) is 14.8. The van der Waals surface area contributed by atoms with E-state index in [2.05, 4.69) is 5.32 Å². The van der Waals surface area contributed by atoms with Crippen LogP contribution in [0, 0.1) is 0 Å². The second-order valence-corrected chi connectivity index (χ2v) is 3.83. The first-order valence-corrected chi connectivity index (χ1v) is 6.03. The molecule has 0 unspecified atom stereocenters. The van der Waals surface area contributed by atoms with Gasteiger partial charge in [0.05, 0.1) is 20.3 Å². The Balaban J connectivity index is 2.23. The fourth-order valence-corrected chi connectivity index (χ4v) is 1.56. The zero-order valence-corrected chi connectivity index (χ0v) is 10.7. The number of hydrogen-bond donors (Lipinski definition) is 3. The van der Waals surface area contributed by atoms with Crippen molar-refractivity contribution in [2.24, 2.45) is 0 Å². The highest BCUT2D eigenvalue weighted by atomic mass is 16.5. The van der Waals surface area contributed by atoms with Crippen molar-refractivity contribution in [1.29, 1.82) is 0 Å². The van der Waals surface area contributed by atoms with E-state index in [0.29, 0.717) is 25.5 Å². The van der Waals surface area contributed by atoms with Gasteiger partial charge in [-0.05, 0) is 19.0 Å². The van der Waals surface area contributed by atoms with Gasteiger partial charge in [0, 0.05) is 18.7 Å². The molecule has 102 valence electrons. The quantitative estimate of drug-likeness (QED) is 0.572. The Morgan fingerprint density at radius 3 is 2.83 bits per heavy atom. The highest BCUT2D eigenvalue weighted by Gasteiger charge is 2.05. The third-order valence-electron chi connectivity index (χ3n) is 2.50. The molecule has 0 atom stereocenters. The number of aliphatic hydroxyl groups excluding tert-OH is 1. The normalized spacial score (nSPS) is 10.6. The van der Waals surface area contributed by atoms with Gasteiger partial charge in [-0.2, -0.15) is 0 Å². The number of aromatic hydroxyl groups is 1. The minimum atomic E-state index is 0.0606. The molecule has 0 saturated heterocycles. The van der Waals surface area contributed by atoms with E-state index in [4.69, 9.17) is 14.6 Å². The Labute approximate surface area is 107 Å². The number of phenols is 1. The van der Waals surface area contributed by atoms with Gasteiger partial charge in [-0.25, -0.2) is 0 Å². The minimum absolute atomic E-state index is 0.0606. The van der Waals surface area contributed by atoms with Gasteiger partial charge >= 0.3 is 0 Å². The first-order chi connectivity index (χ1) is 8.79. The molecule has 1 aromatic carbocycles. The van der Waals surface area contributed by atoms with Gasteiger partial charge < -0.3 is 25.0 Å². The second kappa shape index (κ2) is 8.74. The summed E-state index contributed by atoms with van der Waals surface area (Å²) in [7, 11) is 1.53. The maximum atomic E-state index is 9.84. The summed E-state index contributed by atoms with van der Waals surface area (Å²) in [6, 6.07) is 5.43. The van der Waals surface area contributed by atoms with Crippen LogP contribution in [0.2, 0.25) is 0 Å². The average molecular weight is 255 g/mol. The Hall–Kier alpha value is -1.30. The molecule has 0 spiro atoms. The molecule has 0 radical (unpaired) electrons. The Morgan fingerprint density at radius 1 is 1.28 bits per heavy atom. The van der Waals surface area contributed by atoms with Crippen LogP contribution in [0.25, 0.3) is 0 Å². The Morgan fingerprint density at radius 2 is 2.11 bits per heavy atom. The van der Waals surface area contributed by atoms with Gasteiger partial charge in [-0.1, -0.05) is 12.1 Å². The van der Waals surface area contributed by atoms with E-state index in [1.165, 1.54) is 7.11 Å². The summed E-state index contributed by atoms with van der Waals surface area (Å²) in [5.74, 6) is 0.671. The molecule has 18 heavy (non-hydrogen) atoms. The average Bonchev–Trinajstić information content (AvgIpc) is 2.39. The van der Waals surface area contributed by atoms with E-state index < -0.39 is 0 Å². The predicted octanol–water partition coefficient (Wildman–Crippen LogP) is 0.889. The van der Waals surface area contributed by atoms with Crippen LogP contribution < -0.4 is 10.1 Å². The molecule has 0 fully saturated rings. The van der Waals surface area contributed by atoms with Crippen LogP contribution in [0.15, 0.2) is 18.2 Å². The lowest BCUT2D eigenvalue weighted by atomic mass is 10.2. The van der Waals surface area contributed by atoms with Crippen LogP contribution >= 0.6 is 0 Å². The number of benzene rings is 1. The SMILES string of the molecule is COc1cccc(CNCCCOCCO)c1O. The summed E-state index contributed by atoms with van der Waals surface area (Å²) >= 11 is 0. The number of hydrogen-bond acceptors (Lipinski definition) is 5. The van der Waals surface area contributed by atoms with Gasteiger partial charge in [-0.3, -0.25) is 0 Å². The molecule has 0 saturated carbocycles. The standard InChI is InChI=1S/C13H21NO4/c1-17-12-5-2-4-11(13(12)16)10-14-6-3-8-18-9-7-15/h2,4-5,14-16H,3,6-10H2,1H3. The van der Waals surface area contributed by atoms with Crippen LogP contribution in [0.1, 0.15) is 12.0 Å². The summed E-state index contributed by atoms with van der Waals surface area (Å²) in [6.07, 6.45) is 0.866. The van der Waals surface area contributed by atoms with Crippen LogP contribution in [-0.4, -0.2) is 43.7 Å². The highest BCUT2D eigenvalue weighted by Crippen LogP contribution is 2.28. The molecule has 1 aromatic rings. The summed E-state index contributed by atoms with van der Waals surface area (Å²) in [6.45, 7) is 2.45. The lowest BCUT2D eigenvalue weighted by molar-refractivity contribution is 0.0907. The van der Waals surface area contributed by atoms with E-state index in [-0.39, 0.29) is 12.4 Å². The van der Waals surface area contributed by atoms with E-state index in [9.17, 15) is 5.11 Å². The largest absolute Gasteiger partial charge is 0.504 e. The fraction of sp³-hybridized carbons (Fsp3) is 0.538. The van der Waals surface area contributed by atoms with Crippen LogP contribution in [0.5, 0.6) is 11.5 Å². The highest BCUT2D eigenvalue weighted by molar-refractivity contribution is 5.45. The molecule has 5 nitrogen and oxygen atoms in total. The number of para-hydroxylation sites is 1. The second-order valence-electron chi connectivity index (χ2n) is 3.83. The molecule has 0 aliphatic heterocycles. The van der Waals surface area contributed by atoms with Gasteiger partial charge in [-0.15, -0.1) is 0 Å². The maximum Gasteiger partial charge on any atom is 0.162 e. The monoisotopic (exact) mass is 255 g/mol. The van der Waals surface area contributed by atoms with Crippen molar-refractivity contribution in [2.45, 2.75) is 13.0 Å². The fourth-order valence-electron chi connectivity index (χ4n) is 1.56. The smallest absolute Gasteiger partial charge is 0.162 e. The third-order valence-corrected chi connectivity index (χ3v) is 2.50. The lowest BCUT2D eigenvalue weighted by Gasteiger charge is -2.09. The molecule has 0 amide bonds. The van der Waals surface area contributed by atoms with E-state index in [0.717, 1.165) is 18.5 Å². The number of nitrogens with one attached hydrogen (secondary N) is 1. The molecule has 1 rings (SSSR count). The Bertz CT molecular complexity index is 344. The summed E-state index contributed by atoms with van der Waals surface area (Å²) in [5.41, 5.74) is 0.811. The molecule has 0 aliphatic carbocycles. The molecule has 0 heterocycles. The van der Waals surface area contributed by atoms with Crippen molar-refractivity contribution in [2.75, 3.05) is 33.5 Å². The number of methoxy groups -OCH3 is 1. The van der Waals surface area contributed by atoms with Crippen molar-refractivity contribution in [3.8, 4) is 11.5 Å². The van der Waals surface area contributed by atoms with Crippen molar-refractivity contribution >= 4 is 0 Å². The Kier molecular flexibility index (Phi) is 7.17. The topological polar surface area (TPSA) is 71.0 Å². The first-order valence-electron chi connectivity index (χ1n) is 6.03. The predicted molar refractivity (Wildman–Crippen MR) is 68.9 cm³/mol. The maximum absolute atomic E-state index is 9.84. The summed E-state index contributed by atoms with van der Waals surface area (Å²) in [4.78, 5) is 0. The van der Waals surface area contributed by atoms with Crippen molar-refractivity contribution in [3.63, 3.8) is 0 Å². The minimum Gasteiger partial charge on any atom is -0.504 e. The molecule has 5 heteroatoms. The van der Waals surface area contributed by atoms with E-state index in [1.54, 1.807) is 6.07 Å². The zero-order valence-electron chi connectivity index (χ0n) is 10.7. The molecular weight excluding hydrogens is 234 g/mol. The van der Waals surface area contributed by atoms with Gasteiger partial charge in [0.25, 0.3) is 0 Å². The summed E-state index contributed by atoms with van der Waals surface area (Å²) in [5, 5.41) is 21.6. The van der Waals surface area contributed by atoms with Crippen molar-refractivity contribution in [3.05, 3.63) is 23.8 Å². The molecule has 0 aromatic heterocycles. The molecular formula is C13H21NO4. The third kappa shape index (κ3) is 4.91. The van der Waals surface area contributed by atoms with Crippen LogP contribution in [0.3, 0.4) is 0 Å². The zero-order chi connectivity index (χ0) is 13.2.